The molecule has 0 saturated heterocycles. The third-order valence-electron chi connectivity index (χ3n) is 2.57. The summed E-state index contributed by atoms with van der Waals surface area (Å²) in [5.41, 5.74) is 0. The van der Waals surface area contributed by atoms with Crippen molar-refractivity contribution >= 4 is 15.2 Å². The predicted molar refractivity (Wildman–Crippen MR) is 65.0 cm³/mol. The molecule has 0 aromatic carbocycles. The SMILES string of the molecule is CCCCCCCCN(CP(=O)([O-])[O-])CP(=O)([O-])[O-].[Na+].[Na+].[Na+]. The Morgan fingerprint density at radius 2 is 1.09 bits per heavy atom. The van der Waals surface area contributed by atoms with Gasteiger partial charge in [0.05, 0.1) is 0 Å². The molecule has 0 aromatic rings. The number of hydrogen-bond acceptors (Lipinski definition) is 7. The maximum Gasteiger partial charge on any atom is 1.00 e. The second kappa shape index (κ2) is 17.7. The smallest absolute Gasteiger partial charge is 0.810 e. The summed E-state index contributed by atoms with van der Waals surface area (Å²) in [4.78, 5) is 43.5. The molecule has 7 nitrogen and oxygen atoms in total. The van der Waals surface area contributed by atoms with Gasteiger partial charge < -0.3 is 28.7 Å². The Bertz CT molecular complexity index is 315. The van der Waals surface area contributed by atoms with Crippen LogP contribution in [0, 0.1) is 0 Å². The molecule has 0 bridgehead atoms. The van der Waals surface area contributed by atoms with Gasteiger partial charge in [-0.25, -0.2) is 0 Å². The van der Waals surface area contributed by atoms with Crippen LogP contribution in [0.1, 0.15) is 45.4 Å². The molecule has 0 aliphatic carbocycles. The largest absolute Gasteiger partial charge is 1.00 e. The number of unbranched alkanes of at least 4 members (excludes halogenated alkanes) is 5. The van der Waals surface area contributed by atoms with E-state index in [-0.39, 0.29) is 95.2 Å². The predicted octanol–water partition coefficient (Wildman–Crippen LogP) is -9.60. The second-order valence-corrected chi connectivity index (χ2v) is 7.68. The first kappa shape index (κ1) is 32.9. The van der Waals surface area contributed by atoms with Gasteiger partial charge in [0.15, 0.2) is 0 Å². The van der Waals surface area contributed by atoms with Crippen molar-refractivity contribution in [2.75, 3.05) is 19.1 Å². The van der Waals surface area contributed by atoms with Crippen molar-refractivity contribution in [2.24, 2.45) is 0 Å². The number of nitrogens with zero attached hydrogens (tertiary/aromatic N) is 1. The summed E-state index contributed by atoms with van der Waals surface area (Å²) in [6.45, 7) is 2.22. The van der Waals surface area contributed by atoms with Gasteiger partial charge in [0.1, 0.15) is 0 Å². The van der Waals surface area contributed by atoms with Gasteiger partial charge in [0, 0.05) is 12.6 Å². The molecule has 0 atom stereocenters. The van der Waals surface area contributed by atoms with E-state index in [1.807, 2.05) is 0 Å². The molecule has 0 saturated carbocycles. The van der Waals surface area contributed by atoms with Gasteiger partial charge in [-0.15, -0.1) is 0 Å². The van der Waals surface area contributed by atoms with Crippen LogP contribution in [0.2, 0.25) is 0 Å². The monoisotopic (exact) mass is 382 g/mol. The number of hydrogen-bond donors (Lipinski definition) is 0. The average molecular weight is 382 g/mol. The van der Waals surface area contributed by atoms with Gasteiger partial charge in [0.25, 0.3) is 0 Å². The third-order valence-corrected chi connectivity index (χ3v) is 4.07. The molecule has 0 rings (SSSR count). The van der Waals surface area contributed by atoms with E-state index in [4.69, 9.17) is 0 Å². The first-order chi connectivity index (χ1) is 8.64. The Kier molecular flexibility index (Phi) is 26.4. The molecule has 0 aliphatic heterocycles. The summed E-state index contributed by atoms with van der Waals surface area (Å²) in [5.74, 6) is 0. The first-order valence-corrected chi connectivity index (χ1v) is 9.84. The average Bonchev–Trinajstić information content (AvgIpc) is 2.18. The maximum absolute atomic E-state index is 10.6. The molecule has 0 fully saturated rings. The van der Waals surface area contributed by atoms with Crippen molar-refractivity contribution in [3.63, 3.8) is 0 Å². The fourth-order valence-corrected chi connectivity index (χ4v) is 3.41. The van der Waals surface area contributed by atoms with Crippen molar-refractivity contribution in [3.8, 4) is 0 Å². The minimum atomic E-state index is -4.85. The van der Waals surface area contributed by atoms with Crippen LogP contribution in [-0.2, 0) is 9.13 Å². The molecule has 0 N–H and O–H groups in total. The third kappa shape index (κ3) is 25.5. The van der Waals surface area contributed by atoms with Crippen LogP contribution in [0.15, 0.2) is 0 Å². The standard InChI is InChI=1S/C10H25NO6P2.3Na/c1-2-3-4-5-6-7-8-11(9-18(12,13)14)10-19(15,16)17;;;/h2-10H2,1H3,(H2,12,13,14)(H2,15,16,17);;;/q;3*+1/p-4. The molecular weight excluding hydrogens is 361 g/mol. The van der Waals surface area contributed by atoms with Crippen LogP contribution >= 0.6 is 15.2 Å². The maximum atomic E-state index is 10.6. The van der Waals surface area contributed by atoms with Gasteiger partial charge in [-0.2, -0.15) is 0 Å². The molecule has 12 heteroatoms. The molecular formula is C10H21NNa3O6P2-. The van der Waals surface area contributed by atoms with Gasteiger partial charge in [-0.3, -0.25) is 4.90 Å². The van der Waals surface area contributed by atoms with E-state index in [0.29, 0.717) is 6.42 Å². The summed E-state index contributed by atoms with van der Waals surface area (Å²) in [7, 11) is -9.69. The second-order valence-electron chi connectivity index (χ2n) is 4.67. The van der Waals surface area contributed by atoms with Gasteiger partial charge in [0.2, 0.25) is 0 Å². The normalized spacial score (nSPS) is 11.4. The van der Waals surface area contributed by atoms with E-state index in [0.717, 1.165) is 37.0 Å². The summed E-state index contributed by atoms with van der Waals surface area (Å²) in [5, 5.41) is 0. The Balaban J connectivity index is -0.000000540. The Morgan fingerprint density at radius 1 is 0.727 bits per heavy atom. The molecule has 0 amide bonds. The van der Waals surface area contributed by atoms with Gasteiger partial charge in [-0.1, -0.05) is 54.2 Å². The Hall–Kier alpha value is 3.26. The molecule has 0 aliphatic rings. The Labute approximate surface area is 199 Å². The van der Waals surface area contributed by atoms with E-state index in [1.165, 1.54) is 0 Å². The van der Waals surface area contributed by atoms with Crippen molar-refractivity contribution < 1.29 is 117 Å². The van der Waals surface area contributed by atoms with Crippen LogP contribution in [-0.4, -0.2) is 24.0 Å². The fraction of sp³-hybridized carbons (Fsp3) is 1.00. The molecule has 0 unspecified atom stereocenters. The van der Waals surface area contributed by atoms with Crippen molar-refractivity contribution in [1.82, 2.24) is 4.90 Å². The minimum Gasteiger partial charge on any atom is -0.810 e. The van der Waals surface area contributed by atoms with Crippen LogP contribution in [0.4, 0.5) is 0 Å². The van der Waals surface area contributed by atoms with Gasteiger partial charge >= 0.3 is 88.7 Å². The van der Waals surface area contributed by atoms with E-state index < -0.39 is 27.8 Å². The van der Waals surface area contributed by atoms with Crippen molar-refractivity contribution in [3.05, 3.63) is 0 Å². The van der Waals surface area contributed by atoms with E-state index in [2.05, 4.69) is 6.92 Å². The van der Waals surface area contributed by atoms with Gasteiger partial charge in [-0.05, 0) is 13.0 Å². The summed E-state index contributed by atoms with van der Waals surface area (Å²) >= 11 is 0. The van der Waals surface area contributed by atoms with Crippen LogP contribution in [0.5, 0.6) is 0 Å². The Morgan fingerprint density at radius 3 is 1.45 bits per heavy atom. The summed E-state index contributed by atoms with van der Waals surface area (Å²) in [6, 6.07) is 0. The minimum absolute atomic E-state index is 0. The summed E-state index contributed by atoms with van der Waals surface area (Å²) < 4.78 is 21.3. The fourth-order valence-electron chi connectivity index (χ4n) is 1.79. The van der Waals surface area contributed by atoms with E-state index in [9.17, 15) is 28.7 Å². The topological polar surface area (TPSA) is 130 Å². The molecule has 0 heterocycles. The van der Waals surface area contributed by atoms with Crippen LogP contribution in [0.25, 0.3) is 0 Å². The molecule has 0 spiro atoms. The summed E-state index contributed by atoms with van der Waals surface area (Å²) in [6.07, 6.45) is 3.85. The van der Waals surface area contributed by atoms with E-state index in [1.54, 1.807) is 0 Å². The molecule has 0 radical (unpaired) electrons. The molecule has 0 aromatic heterocycles. The molecule has 116 valence electrons. The van der Waals surface area contributed by atoms with E-state index >= 15 is 0 Å². The quantitative estimate of drug-likeness (QED) is 0.197. The van der Waals surface area contributed by atoms with Crippen molar-refractivity contribution in [1.29, 1.82) is 0 Å². The zero-order valence-electron chi connectivity index (χ0n) is 14.2. The number of rotatable bonds is 11. The zero-order chi connectivity index (χ0) is 14.9. The van der Waals surface area contributed by atoms with Crippen molar-refractivity contribution in [2.45, 2.75) is 45.4 Å². The first-order valence-electron chi connectivity index (χ1n) is 6.38. The zero-order valence-corrected chi connectivity index (χ0v) is 21.9. The van der Waals surface area contributed by atoms with Crippen LogP contribution in [0.3, 0.4) is 0 Å². The molecule has 22 heavy (non-hydrogen) atoms. The van der Waals surface area contributed by atoms with Crippen LogP contribution < -0.4 is 108 Å².